The first kappa shape index (κ1) is 18.8. The van der Waals surface area contributed by atoms with Gasteiger partial charge in [-0.05, 0) is 35.5 Å². The highest BCUT2D eigenvalue weighted by Gasteiger charge is 2.60. The number of carbonyl (C=O) groups excluding carboxylic acids is 1. The lowest BCUT2D eigenvalue weighted by Crippen LogP contribution is -2.44. The van der Waals surface area contributed by atoms with E-state index in [0.717, 1.165) is 19.5 Å². The fourth-order valence-electron chi connectivity index (χ4n) is 3.77. The summed E-state index contributed by atoms with van der Waals surface area (Å²) in [6.45, 7) is 14.5. The zero-order chi connectivity index (χ0) is 17.7. The number of hydrogen-bond acceptors (Lipinski definition) is 3. The SMILES string of the molecule is CC(C)(C)CN(CC(C)(C)C)C(=O)C1CC12CCS(=O)(=O)CC2. The number of sulfone groups is 1. The fraction of sp³-hybridized carbons (Fsp3) is 0.944. The third-order valence-corrected chi connectivity index (χ3v) is 6.60. The molecule has 134 valence electrons. The predicted octanol–water partition coefficient (Wildman–Crippen LogP) is 3.12. The summed E-state index contributed by atoms with van der Waals surface area (Å²) < 4.78 is 23.3. The third kappa shape index (κ3) is 4.94. The van der Waals surface area contributed by atoms with Crippen molar-refractivity contribution < 1.29 is 13.2 Å². The molecule has 1 saturated heterocycles. The van der Waals surface area contributed by atoms with Gasteiger partial charge in [0.1, 0.15) is 9.84 Å². The quantitative estimate of drug-likeness (QED) is 0.791. The minimum atomic E-state index is -2.87. The summed E-state index contributed by atoms with van der Waals surface area (Å²) in [5.41, 5.74) is 0.119. The van der Waals surface area contributed by atoms with Crippen molar-refractivity contribution >= 4 is 15.7 Å². The van der Waals surface area contributed by atoms with E-state index in [0.29, 0.717) is 12.8 Å². The lowest BCUT2D eigenvalue weighted by molar-refractivity contribution is -0.136. The lowest BCUT2D eigenvalue weighted by atomic mass is 9.90. The minimum Gasteiger partial charge on any atom is -0.341 e. The van der Waals surface area contributed by atoms with Gasteiger partial charge in [0, 0.05) is 19.0 Å². The maximum atomic E-state index is 13.1. The van der Waals surface area contributed by atoms with Crippen LogP contribution in [0.3, 0.4) is 0 Å². The summed E-state index contributed by atoms with van der Waals surface area (Å²) in [7, 11) is -2.87. The third-order valence-electron chi connectivity index (χ3n) is 4.95. The van der Waals surface area contributed by atoms with Gasteiger partial charge in [-0.2, -0.15) is 0 Å². The van der Waals surface area contributed by atoms with E-state index in [1.165, 1.54) is 0 Å². The molecular weight excluding hydrogens is 310 g/mol. The molecular formula is C18H33NO3S. The van der Waals surface area contributed by atoms with Gasteiger partial charge in [0.25, 0.3) is 0 Å². The molecule has 2 rings (SSSR count). The largest absolute Gasteiger partial charge is 0.341 e. The highest BCUT2D eigenvalue weighted by molar-refractivity contribution is 7.91. The number of nitrogens with zero attached hydrogens (tertiary/aromatic N) is 1. The van der Waals surface area contributed by atoms with Gasteiger partial charge in [-0.15, -0.1) is 0 Å². The van der Waals surface area contributed by atoms with Crippen LogP contribution in [-0.4, -0.2) is 43.8 Å². The Labute approximate surface area is 141 Å². The molecule has 0 bridgehead atoms. The maximum absolute atomic E-state index is 13.1. The topological polar surface area (TPSA) is 54.5 Å². The summed E-state index contributed by atoms with van der Waals surface area (Å²) >= 11 is 0. The molecule has 0 N–H and O–H groups in total. The van der Waals surface area contributed by atoms with Crippen LogP contribution in [0.25, 0.3) is 0 Å². The predicted molar refractivity (Wildman–Crippen MR) is 93.9 cm³/mol. The first-order valence-corrected chi connectivity index (χ1v) is 10.5. The van der Waals surface area contributed by atoms with Crippen molar-refractivity contribution in [3.05, 3.63) is 0 Å². The van der Waals surface area contributed by atoms with Gasteiger partial charge < -0.3 is 4.90 Å². The molecule has 0 aromatic carbocycles. The lowest BCUT2D eigenvalue weighted by Gasteiger charge is -2.35. The molecule has 1 atom stereocenters. The molecule has 0 radical (unpaired) electrons. The Morgan fingerprint density at radius 1 is 1.00 bits per heavy atom. The molecule has 1 amide bonds. The van der Waals surface area contributed by atoms with Crippen LogP contribution in [0.15, 0.2) is 0 Å². The van der Waals surface area contributed by atoms with Gasteiger partial charge >= 0.3 is 0 Å². The summed E-state index contributed by atoms with van der Waals surface area (Å²) in [5, 5.41) is 0. The van der Waals surface area contributed by atoms with E-state index in [9.17, 15) is 13.2 Å². The number of amides is 1. The molecule has 2 aliphatic rings. The molecule has 1 heterocycles. The molecule has 5 heteroatoms. The number of hydrogen-bond donors (Lipinski definition) is 0. The Balaban J connectivity index is 2.07. The molecule has 23 heavy (non-hydrogen) atoms. The second kappa shape index (κ2) is 5.75. The average Bonchev–Trinajstić information content (AvgIpc) is 3.03. The van der Waals surface area contributed by atoms with Crippen molar-refractivity contribution in [3.63, 3.8) is 0 Å². The Bertz CT molecular complexity index is 536. The summed E-state index contributed by atoms with van der Waals surface area (Å²) in [6, 6.07) is 0. The maximum Gasteiger partial charge on any atom is 0.226 e. The average molecular weight is 344 g/mol. The van der Waals surface area contributed by atoms with Gasteiger partial charge in [-0.25, -0.2) is 8.42 Å². The second-order valence-corrected chi connectivity index (χ2v) is 12.4. The van der Waals surface area contributed by atoms with Crippen LogP contribution in [0.2, 0.25) is 0 Å². The number of carbonyl (C=O) groups is 1. The Kier molecular flexibility index (Phi) is 4.69. The second-order valence-electron chi connectivity index (χ2n) is 10.1. The molecule has 1 spiro atoms. The summed E-state index contributed by atoms with van der Waals surface area (Å²) in [5.74, 6) is 0.807. The minimum absolute atomic E-state index is 0.0174. The molecule has 0 aromatic rings. The Morgan fingerprint density at radius 3 is 1.83 bits per heavy atom. The van der Waals surface area contributed by atoms with Crippen LogP contribution in [0.4, 0.5) is 0 Å². The van der Waals surface area contributed by atoms with E-state index in [4.69, 9.17) is 0 Å². The Morgan fingerprint density at radius 2 is 1.43 bits per heavy atom. The van der Waals surface area contributed by atoms with E-state index < -0.39 is 9.84 Å². The smallest absolute Gasteiger partial charge is 0.226 e. The molecule has 1 unspecified atom stereocenters. The highest BCUT2D eigenvalue weighted by Crippen LogP contribution is 2.60. The normalized spacial score (nSPS) is 26.1. The molecule has 0 aromatic heterocycles. The Hall–Kier alpha value is -0.580. The van der Waals surface area contributed by atoms with E-state index >= 15 is 0 Å². The molecule has 1 aliphatic heterocycles. The fourth-order valence-corrected chi connectivity index (χ4v) is 5.41. The van der Waals surface area contributed by atoms with Crippen LogP contribution in [0.5, 0.6) is 0 Å². The van der Waals surface area contributed by atoms with Crippen molar-refractivity contribution in [2.45, 2.75) is 60.8 Å². The van der Waals surface area contributed by atoms with E-state index in [1.807, 2.05) is 4.90 Å². The molecule has 2 fully saturated rings. The van der Waals surface area contributed by atoms with E-state index in [1.54, 1.807) is 0 Å². The number of rotatable bonds is 3. The van der Waals surface area contributed by atoms with Crippen LogP contribution in [0.1, 0.15) is 60.8 Å². The zero-order valence-corrected chi connectivity index (χ0v) is 16.4. The van der Waals surface area contributed by atoms with Crippen molar-refractivity contribution in [2.75, 3.05) is 24.6 Å². The standard InChI is InChI=1S/C18H33NO3S/c1-16(2,3)12-19(13-17(4,5)6)15(20)14-11-18(14)7-9-23(21,22)10-8-18/h14H,7-13H2,1-6H3. The molecule has 4 nitrogen and oxygen atoms in total. The van der Waals surface area contributed by atoms with Crippen molar-refractivity contribution in [1.82, 2.24) is 4.90 Å². The van der Waals surface area contributed by atoms with Crippen LogP contribution >= 0.6 is 0 Å². The van der Waals surface area contributed by atoms with E-state index in [-0.39, 0.29) is 39.6 Å². The molecule has 1 saturated carbocycles. The van der Waals surface area contributed by atoms with E-state index in [2.05, 4.69) is 41.5 Å². The zero-order valence-electron chi connectivity index (χ0n) is 15.6. The highest BCUT2D eigenvalue weighted by atomic mass is 32.2. The van der Waals surface area contributed by atoms with Gasteiger partial charge in [-0.1, -0.05) is 41.5 Å². The monoisotopic (exact) mass is 343 g/mol. The first-order valence-electron chi connectivity index (χ1n) is 8.72. The van der Waals surface area contributed by atoms with Gasteiger partial charge in [-0.3, -0.25) is 4.79 Å². The van der Waals surface area contributed by atoms with Crippen molar-refractivity contribution in [1.29, 1.82) is 0 Å². The van der Waals surface area contributed by atoms with Crippen LogP contribution in [-0.2, 0) is 14.6 Å². The van der Waals surface area contributed by atoms with Crippen LogP contribution < -0.4 is 0 Å². The van der Waals surface area contributed by atoms with Crippen molar-refractivity contribution in [3.8, 4) is 0 Å². The van der Waals surface area contributed by atoms with Gasteiger partial charge in [0.05, 0.1) is 11.5 Å². The first-order chi connectivity index (χ1) is 10.2. The van der Waals surface area contributed by atoms with Gasteiger partial charge in [0.15, 0.2) is 0 Å². The van der Waals surface area contributed by atoms with Gasteiger partial charge in [0.2, 0.25) is 5.91 Å². The van der Waals surface area contributed by atoms with Crippen LogP contribution in [0, 0.1) is 22.2 Å². The summed E-state index contributed by atoms with van der Waals surface area (Å²) in [6.07, 6.45) is 2.22. The van der Waals surface area contributed by atoms with Crippen molar-refractivity contribution in [2.24, 2.45) is 22.2 Å². The molecule has 1 aliphatic carbocycles. The summed E-state index contributed by atoms with van der Waals surface area (Å²) in [4.78, 5) is 15.1.